The molecule has 0 unspecified atom stereocenters. The fraction of sp³-hybridized carbons (Fsp3) is 0.312. The van der Waals surface area contributed by atoms with Gasteiger partial charge in [0.15, 0.2) is 0 Å². The van der Waals surface area contributed by atoms with E-state index in [4.69, 9.17) is 9.15 Å². The second-order valence-corrected chi connectivity index (χ2v) is 4.25. The van der Waals surface area contributed by atoms with E-state index in [1.807, 2.05) is 25.1 Å². The van der Waals surface area contributed by atoms with Crippen LogP contribution < -0.4 is 0 Å². The highest BCUT2D eigenvalue weighted by molar-refractivity contribution is 5.93. The van der Waals surface area contributed by atoms with Gasteiger partial charge in [-0.25, -0.2) is 4.79 Å². The van der Waals surface area contributed by atoms with E-state index < -0.39 is 5.97 Å². The summed E-state index contributed by atoms with van der Waals surface area (Å²) in [6.07, 6.45) is 3.08. The van der Waals surface area contributed by atoms with Gasteiger partial charge in [-0.3, -0.25) is 0 Å². The van der Waals surface area contributed by atoms with Crippen molar-refractivity contribution in [2.75, 3.05) is 6.61 Å². The van der Waals surface area contributed by atoms with Crippen molar-refractivity contribution >= 4 is 22.5 Å². The second-order valence-electron chi connectivity index (χ2n) is 4.25. The Hall–Kier alpha value is -2.03. The molecule has 0 radical (unpaired) electrons. The van der Waals surface area contributed by atoms with E-state index >= 15 is 0 Å². The molecule has 1 aromatic heterocycles. The first-order valence-electron chi connectivity index (χ1n) is 6.55. The molecule has 100 valence electrons. The molecule has 2 aromatic rings. The van der Waals surface area contributed by atoms with Crippen molar-refractivity contribution < 1.29 is 13.9 Å². The standard InChI is InChI=1S/C16H18O3/c1-4-11(5-2)12-7-8-14-13(9-12)10-15(19-14)16(17)18-6-3/h4,7-10H,5-6H2,1-3H3/b11-4+. The van der Waals surface area contributed by atoms with Crippen molar-refractivity contribution in [2.24, 2.45) is 0 Å². The third-order valence-corrected chi connectivity index (χ3v) is 3.09. The summed E-state index contributed by atoms with van der Waals surface area (Å²) in [5.74, 6) is -0.158. The number of rotatable bonds is 4. The van der Waals surface area contributed by atoms with Crippen LogP contribution in [0.4, 0.5) is 0 Å². The van der Waals surface area contributed by atoms with E-state index in [0.717, 1.165) is 17.4 Å². The fourth-order valence-corrected chi connectivity index (χ4v) is 2.12. The van der Waals surface area contributed by atoms with Crippen LogP contribution in [0.25, 0.3) is 16.5 Å². The first kappa shape index (κ1) is 13.4. The molecule has 3 nitrogen and oxygen atoms in total. The molecule has 0 spiro atoms. The van der Waals surface area contributed by atoms with E-state index in [2.05, 4.69) is 13.0 Å². The highest BCUT2D eigenvalue weighted by Gasteiger charge is 2.13. The minimum atomic E-state index is -0.415. The SMILES string of the molecule is C/C=C(\CC)c1ccc2oc(C(=O)OCC)cc2c1. The molecule has 0 atom stereocenters. The van der Waals surface area contributed by atoms with E-state index in [-0.39, 0.29) is 5.76 Å². The van der Waals surface area contributed by atoms with Gasteiger partial charge in [0.05, 0.1) is 6.61 Å². The Kier molecular flexibility index (Phi) is 4.05. The lowest BCUT2D eigenvalue weighted by Gasteiger charge is -2.03. The molecule has 0 saturated carbocycles. The molecule has 0 amide bonds. The Labute approximate surface area is 112 Å². The maximum Gasteiger partial charge on any atom is 0.374 e. The highest BCUT2D eigenvalue weighted by Crippen LogP contribution is 2.26. The van der Waals surface area contributed by atoms with Crippen LogP contribution in [-0.4, -0.2) is 12.6 Å². The maximum atomic E-state index is 11.6. The van der Waals surface area contributed by atoms with Gasteiger partial charge >= 0.3 is 5.97 Å². The number of carbonyl (C=O) groups is 1. The Bertz CT molecular complexity index is 620. The van der Waals surface area contributed by atoms with Crippen LogP contribution in [0, 0.1) is 0 Å². The lowest BCUT2D eigenvalue weighted by molar-refractivity contribution is 0.0492. The van der Waals surface area contributed by atoms with Crippen molar-refractivity contribution in [2.45, 2.75) is 27.2 Å². The zero-order valence-electron chi connectivity index (χ0n) is 11.5. The minimum absolute atomic E-state index is 0.257. The number of fused-ring (bicyclic) bond motifs is 1. The maximum absolute atomic E-state index is 11.6. The van der Waals surface area contributed by atoms with Crippen LogP contribution in [-0.2, 0) is 4.74 Å². The van der Waals surface area contributed by atoms with Crippen molar-refractivity contribution in [3.63, 3.8) is 0 Å². The summed E-state index contributed by atoms with van der Waals surface area (Å²) in [6, 6.07) is 7.69. The molecule has 0 saturated heterocycles. The summed E-state index contributed by atoms with van der Waals surface area (Å²) in [6.45, 7) is 6.28. The number of carbonyl (C=O) groups excluding carboxylic acids is 1. The zero-order chi connectivity index (χ0) is 13.8. The predicted molar refractivity (Wildman–Crippen MR) is 76.1 cm³/mol. The van der Waals surface area contributed by atoms with Gasteiger partial charge in [-0.05, 0) is 49.6 Å². The third-order valence-electron chi connectivity index (χ3n) is 3.09. The van der Waals surface area contributed by atoms with Gasteiger partial charge in [0, 0.05) is 5.39 Å². The smallest absolute Gasteiger partial charge is 0.374 e. The Balaban J connectivity index is 2.41. The summed E-state index contributed by atoms with van der Waals surface area (Å²) in [7, 11) is 0. The van der Waals surface area contributed by atoms with E-state index in [1.165, 1.54) is 5.57 Å². The highest BCUT2D eigenvalue weighted by atomic mass is 16.5. The summed E-state index contributed by atoms with van der Waals surface area (Å²) < 4.78 is 10.4. The van der Waals surface area contributed by atoms with Crippen LogP contribution in [0.5, 0.6) is 0 Å². The van der Waals surface area contributed by atoms with Gasteiger partial charge in [-0.2, -0.15) is 0 Å². The first-order valence-corrected chi connectivity index (χ1v) is 6.55. The topological polar surface area (TPSA) is 39.4 Å². The van der Waals surface area contributed by atoms with Crippen molar-refractivity contribution in [3.8, 4) is 0 Å². The molecule has 0 fully saturated rings. The number of ether oxygens (including phenoxy) is 1. The molecule has 1 heterocycles. The Morgan fingerprint density at radius 3 is 2.74 bits per heavy atom. The van der Waals surface area contributed by atoms with Gasteiger partial charge < -0.3 is 9.15 Å². The van der Waals surface area contributed by atoms with Crippen molar-refractivity contribution in [1.82, 2.24) is 0 Å². The van der Waals surface area contributed by atoms with E-state index in [0.29, 0.717) is 12.2 Å². The van der Waals surface area contributed by atoms with Crippen LogP contribution in [0.1, 0.15) is 43.3 Å². The van der Waals surface area contributed by atoms with Crippen LogP contribution in [0.3, 0.4) is 0 Å². The lowest BCUT2D eigenvalue weighted by atomic mass is 10.0. The first-order chi connectivity index (χ1) is 9.19. The van der Waals surface area contributed by atoms with E-state index in [9.17, 15) is 4.79 Å². The second kappa shape index (κ2) is 5.74. The molecule has 3 heteroatoms. The molecule has 1 aromatic carbocycles. The number of allylic oxidation sites excluding steroid dienone is 2. The van der Waals surface area contributed by atoms with Crippen LogP contribution >= 0.6 is 0 Å². The number of hydrogen-bond acceptors (Lipinski definition) is 3. The van der Waals surface area contributed by atoms with Gasteiger partial charge in [-0.15, -0.1) is 0 Å². The quantitative estimate of drug-likeness (QED) is 0.762. The third kappa shape index (κ3) is 2.70. The number of furan rings is 1. The average Bonchev–Trinajstić information content (AvgIpc) is 2.83. The molecule has 0 aliphatic heterocycles. The monoisotopic (exact) mass is 258 g/mol. The number of hydrogen-bond donors (Lipinski definition) is 0. The van der Waals surface area contributed by atoms with E-state index in [1.54, 1.807) is 13.0 Å². The molecular formula is C16H18O3. The molecule has 19 heavy (non-hydrogen) atoms. The van der Waals surface area contributed by atoms with Crippen LogP contribution in [0.15, 0.2) is 34.8 Å². The van der Waals surface area contributed by atoms with Crippen LogP contribution in [0.2, 0.25) is 0 Å². The molecule has 0 aliphatic carbocycles. The summed E-state index contributed by atoms with van der Waals surface area (Å²) in [5.41, 5.74) is 3.15. The molecule has 0 bridgehead atoms. The number of benzene rings is 1. The summed E-state index contributed by atoms with van der Waals surface area (Å²) in [4.78, 5) is 11.6. The van der Waals surface area contributed by atoms with Gasteiger partial charge in [0.25, 0.3) is 0 Å². The van der Waals surface area contributed by atoms with Gasteiger partial charge in [0.1, 0.15) is 5.58 Å². The molecule has 0 N–H and O–H groups in total. The average molecular weight is 258 g/mol. The summed E-state index contributed by atoms with van der Waals surface area (Å²) >= 11 is 0. The van der Waals surface area contributed by atoms with Crippen molar-refractivity contribution in [3.05, 3.63) is 41.7 Å². The largest absolute Gasteiger partial charge is 0.460 e. The normalized spacial score (nSPS) is 11.8. The minimum Gasteiger partial charge on any atom is -0.460 e. The zero-order valence-corrected chi connectivity index (χ0v) is 11.5. The molecule has 2 rings (SSSR count). The van der Waals surface area contributed by atoms with Gasteiger partial charge in [-0.1, -0.05) is 19.1 Å². The fourth-order valence-electron chi connectivity index (χ4n) is 2.12. The summed E-state index contributed by atoms with van der Waals surface area (Å²) in [5, 5.41) is 0.924. The molecular weight excluding hydrogens is 240 g/mol. The Morgan fingerprint density at radius 2 is 2.11 bits per heavy atom. The number of esters is 1. The Morgan fingerprint density at radius 1 is 1.32 bits per heavy atom. The predicted octanol–water partition coefficient (Wildman–Crippen LogP) is 4.42. The van der Waals surface area contributed by atoms with Gasteiger partial charge in [0.2, 0.25) is 5.76 Å². The van der Waals surface area contributed by atoms with Crippen molar-refractivity contribution in [1.29, 1.82) is 0 Å². The molecule has 0 aliphatic rings. The lowest BCUT2D eigenvalue weighted by Crippen LogP contribution is -2.02.